The molecule has 0 unspecified atom stereocenters. The van der Waals surface area contributed by atoms with E-state index in [1.807, 2.05) is 19.1 Å². The standard InChI is InChI=1S/C18H21BrN2O4S/c1-4-25-18-15(6-5-7-16(18)26(3,23)24)20-11-17(22)21-13-8-9-14(19)12(2)10-13/h5-10,20H,4,11H2,1-3H3,(H,21,22). The normalized spacial score (nSPS) is 11.1. The number of anilines is 2. The molecule has 2 N–H and O–H groups in total. The summed E-state index contributed by atoms with van der Waals surface area (Å²) in [5, 5.41) is 5.74. The van der Waals surface area contributed by atoms with E-state index in [0.29, 0.717) is 18.0 Å². The number of sulfone groups is 1. The van der Waals surface area contributed by atoms with Crippen molar-refractivity contribution in [3.8, 4) is 5.75 Å². The summed E-state index contributed by atoms with van der Waals surface area (Å²) in [7, 11) is -3.44. The highest BCUT2D eigenvalue weighted by atomic mass is 79.9. The number of rotatable bonds is 7. The van der Waals surface area contributed by atoms with E-state index >= 15 is 0 Å². The lowest BCUT2D eigenvalue weighted by Gasteiger charge is -2.15. The van der Waals surface area contributed by atoms with Gasteiger partial charge in [0, 0.05) is 16.4 Å². The monoisotopic (exact) mass is 440 g/mol. The lowest BCUT2D eigenvalue weighted by molar-refractivity contribution is -0.114. The fourth-order valence-corrected chi connectivity index (χ4v) is 3.42. The largest absolute Gasteiger partial charge is 0.490 e. The van der Waals surface area contributed by atoms with Gasteiger partial charge in [-0.15, -0.1) is 0 Å². The van der Waals surface area contributed by atoms with Crippen molar-refractivity contribution >= 4 is 43.0 Å². The molecule has 6 nitrogen and oxygen atoms in total. The molecule has 8 heteroatoms. The predicted octanol–water partition coefficient (Wildman–Crippen LogP) is 3.61. The Morgan fingerprint density at radius 3 is 2.58 bits per heavy atom. The van der Waals surface area contributed by atoms with E-state index in [4.69, 9.17) is 4.74 Å². The van der Waals surface area contributed by atoms with Gasteiger partial charge in [-0.25, -0.2) is 8.42 Å². The summed E-state index contributed by atoms with van der Waals surface area (Å²) in [6.45, 7) is 3.99. The summed E-state index contributed by atoms with van der Waals surface area (Å²) in [5.74, 6) is -0.0243. The van der Waals surface area contributed by atoms with Gasteiger partial charge in [-0.3, -0.25) is 4.79 Å². The predicted molar refractivity (Wildman–Crippen MR) is 107 cm³/mol. The van der Waals surface area contributed by atoms with Crippen LogP contribution in [0.1, 0.15) is 12.5 Å². The molecule has 2 rings (SSSR count). The molecule has 0 radical (unpaired) electrons. The van der Waals surface area contributed by atoms with Crippen LogP contribution in [0.15, 0.2) is 45.8 Å². The molecule has 26 heavy (non-hydrogen) atoms. The third kappa shape index (κ3) is 5.22. The summed E-state index contributed by atoms with van der Waals surface area (Å²) in [5.41, 5.74) is 2.15. The topological polar surface area (TPSA) is 84.5 Å². The second-order valence-corrected chi connectivity index (χ2v) is 8.54. The van der Waals surface area contributed by atoms with Crippen LogP contribution < -0.4 is 15.4 Å². The van der Waals surface area contributed by atoms with E-state index in [1.165, 1.54) is 6.07 Å². The van der Waals surface area contributed by atoms with Crippen LogP contribution in [0.4, 0.5) is 11.4 Å². The molecule has 0 spiro atoms. The van der Waals surface area contributed by atoms with Crippen LogP contribution in [0.3, 0.4) is 0 Å². The zero-order chi connectivity index (χ0) is 19.3. The van der Waals surface area contributed by atoms with Gasteiger partial charge < -0.3 is 15.4 Å². The number of aryl methyl sites for hydroxylation is 1. The molecule has 2 aromatic rings. The van der Waals surface area contributed by atoms with Gasteiger partial charge in [0.1, 0.15) is 4.90 Å². The molecule has 0 aromatic heterocycles. The highest BCUT2D eigenvalue weighted by molar-refractivity contribution is 9.10. The number of halogens is 1. The van der Waals surface area contributed by atoms with Gasteiger partial charge in [0.15, 0.2) is 15.6 Å². The van der Waals surface area contributed by atoms with Crippen molar-refractivity contribution in [2.75, 3.05) is 30.0 Å². The first kappa shape index (κ1) is 20.3. The van der Waals surface area contributed by atoms with Gasteiger partial charge >= 0.3 is 0 Å². The first-order valence-corrected chi connectivity index (χ1v) is 10.7. The Kier molecular flexibility index (Phi) is 6.66. The van der Waals surface area contributed by atoms with Crippen LogP contribution in [0, 0.1) is 6.92 Å². The molecule has 0 heterocycles. The molecule has 140 valence electrons. The average Bonchev–Trinajstić information content (AvgIpc) is 2.56. The Labute approximate surface area is 162 Å². The molecule has 0 aliphatic rings. The van der Waals surface area contributed by atoms with Gasteiger partial charge in [0.05, 0.1) is 18.8 Å². The third-order valence-electron chi connectivity index (χ3n) is 3.55. The molecular formula is C18H21BrN2O4S. The number of amides is 1. The van der Waals surface area contributed by atoms with Gasteiger partial charge in [0.25, 0.3) is 0 Å². The van der Waals surface area contributed by atoms with Crippen molar-refractivity contribution in [2.24, 2.45) is 0 Å². The number of para-hydroxylation sites is 1. The van der Waals surface area contributed by atoms with Crippen LogP contribution in [0.25, 0.3) is 0 Å². The number of ether oxygens (including phenoxy) is 1. The number of benzene rings is 2. The average molecular weight is 441 g/mol. The smallest absolute Gasteiger partial charge is 0.243 e. The van der Waals surface area contributed by atoms with Crippen molar-refractivity contribution in [2.45, 2.75) is 18.7 Å². The number of hydrogen-bond donors (Lipinski definition) is 2. The molecular weight excluding hydrogens is 420 g/mol. The highest BCUT2D eigenvalue weighted by Gasteiger charge is 2.18. The zero-order valence-corrected chi connectivity index (χ0v) is 17.2. The molecule has 0 fully saturated rings. The summed E-state index contributed by atoms with van der Waals surface area (Å²) < 4.78 is 30.3. The second kappa shape index (κ2) is 8.55. The van der Waals surface area contributed by atoms with E-state index in [2.05, 4.69) is 26.6 Å². The molecule has 2 aromatic carbocycles. The summed E-state index contributed by atoms with van der Waals surface area (Å²) in [6.07, 6.45) is 1.12. The van der Waals surface area contributed by atoms with Gasteiger partial charge in [-0.2, -0.15) is 0 Å². The van der Waals surface area contributed by atoms with E-state index < -0.39 is 9.84 Å². The zero-order valence-electron chi connectivity index (χ0n) is 14.8. The molecule has 0 saturated carbocycles. The van der Waals surface area contributed by atoms with Crippen LogP contribution in [0.5, 0.6) is 5.75 Å². The summed E-state index contributed by atoms with van der Waals surface area (Å²) in [4.78, 5) is 12.3. The van der Waals surface area contributed by atoms with Crippen LogP contribution in [0.2, 0.25) is 0 Å². The lowest BCUT2D eigenvalue weighted by atomic mass is 10.2. The maximum absolute atomic E-state index is 12.2. The highest BCUT2D eigenvalue weighted by Crippen LogP contribution is 2.32. The number of hydrogen-bond acceptors (Lipinski definition) is 5. The quantitative estimate of drug-likeness (QED) is 0.686. The van der Waals surface area contributed by atoms with Crippen molar-refractivity contribution in [3.05, 3.63) is 46.4 Å². The van der Waals surface area contributed by atoms with Gasteiger partial charge in [0.2, 0.25) is 5.91 Å². The Bertz CT molecular complexity index is 913. The molecule has 1 amide bonds. The molecule has 0 aliphatic heterocycles. The van der Waals surface area contributed by atoms with E-state index in [1.54, 1.807) is 25.1 Å². The Balaban J connectivity index is 2.13. The number of carbonyl (C=O) groups is 1. The van der Waals surface area contributed by atoms with Crippen LogP contribution >= 0.6 is 15.9 Å². The van der Waals surface area contributed by atoms with Crippen LogP contribution in [-0.4, -0.2) is 33.7 Å². The van der Waals surface area contributed by atoms with Crippen LogP contribution in [-0.2, 0) is 14.6 Å². The first-order valence-electron chi connectivity index (χ1n) is 7.98. The molecule has 0 saturated heterocycles. The van der Waals surface area contributed by atoms with E-state index in [0.717, 1.165) is 16.3 Å². The maximum Gasteiger partial charge on any atom is 0.243 e. The Morgan fingerprint density at radius 2 is 1.96 bits per heavy atom. The summed E-state index contributed by atoms with van der Waals surface area (Å²) in [6, 6.07) is 10.3. The minimum atomic E-state index is -3.44. The fourth-order valence-electron chi connectivity index (χ4n) is 2.34. The second-order valence-electron chi connectivity index (χ2n) is 5.70. The SMILES string of the molecule is CCOc1c(NCC(=O)Nc2ccc(Br)c(C)c2)cccc1S(C)(=O)=O. The summed E-state index contributed by atoms with van der Waals surface area (Å²) >= 11 is 3.41. The lowest BCUT2D eigenvalue weighted by Crippen LogP contribution is -2.22. The fraction of sp³-hybridized carbons (Fsp3) is 0.278. The number of carbonyl (C=O) groups excluding carboxylic acids is 1. The maximum atomic E-state index is 12.2. The number of nitrogens with one attached hydrogen (secondary N) is 2. The molecule has 0 bridgehead atoms. The molecule has 0 aliphatic carbocycles. The minimum absolute atomic E-state index is 0.0254. The van der Waals surface area contributed by atoms with Crippen molar-refractivity contribution in [3.63, 3.8) is 0 Å². The van der Waals surface area contributed by atoms with Crippen molar-refractivity contribution in [1.29, 1.82) is 0 Å². The van der Waals surface area contributed by atoms with E-state index in [-0.39, 0.29) is 23.1 Å². The van der Waals surface area contributed by atoms with Crippen molar-refractivity contribution in [1.82, 2.24) is 0 Å². The first-order chi connectivity index (χ1) is 12.2. The Morgan fingerprint density at radius 1 is 1.23 bits per heavy atom. The third-order valence-corrected chi connectivity index (χ3v) is 5.56. The Hall–Kier alpha value is -2.06. The minimum Gasteiger partial charge on any atom is -0.490 e. The van der Waals surface area contributed by atoms with Crippen molar-refractivity contribution < 1.29 is 17.9 Å². The van der Waals surface area contributed by atoms with Gasteiger partial charge in [-0.05, 0) is 49.7 Å². The van der Waals surface area contributed by atoms with Gasteiger partial charge in [-0.1, -0.05) is 22.0 Å². The molecule has 0 atom stereocenters. The van der Waals surface area contributed by atoms with E-state index in [9.17, 15) is 13.2 Å².